The van der Waals surface area contributed by atoms with Gasteiger partial charge in [0.1, 0.15) is 3.70 Å². The van der Waals surface area contributed by atoms with Crippen LogP contribution in [0.1, 0.15) is 23.2 Å². The van der Waals surface area contributed by atoms with Crippen LogP contribution < -0.4 is 5.73 Å². The molecule has 0 aliphatic heterocycles. The van der Waals surface area contributed by atoms with Gasteiger partial charge in [-0.1, -0.05) is 0 Å². The molecule has 1 aromatic heterocycles. The van der Waals surface area contributed by atoms with Crippen molar-refractivity contribution in [1.29, 1.82) is 5.26 Å². The van der Waals surface area contributed by atoms with Gasteiger partial charge in [-0.3, -0.25) is 0 Å². The van der Waals surface area contributed by atoms with Crippen LogP contribution in [0.15, 0.2) is 6.07 Å². The van der Waals surface area contributed by atoms with Crippen LogP contribution in [-0.2, 0) is 13.0 Å². The Hall–Kier alpha value is -0.810. The van der Waals surface area contributed by atoms with Crippen LogP contribution >= 0.6 is 22.6 Å². The summed E-state index contributed by atoms with van der Waals surface area (Å²) in [5.74, 6) is 0. The van der Waals surface area contributed by atoms with Gasteiger partial charge < -0.3 is 5.73 Å². The molecule has 1 heterocycles. The summed E-state index contributed by atoms with van der Waals surface area (Å²) in [4.78, 5) is 3.96. The predicted octanol–water partition coefficient (Wildman–Crippen LogP) is 2.15. The maximum atomic E-state index is 12.6. The normalized spacial score (nSPS) is 10.4. The van der Waals surface area contributed by atoms with Gasteiger partial charge in [-0.2, -0.15) is 5.26 Å². The Labute approximate surface area is 99.4 Å². The van der Waals surface area contributed by atoms with Crippen molar-refractivity contribution in [3.05, 3.63) is 26.6 Å². The minimum Gasteiger partial charge on any atom is -0.326 e. The Balaban J connectivity index is 3.26. The van der Waals surface area contributed by atoms with Crippen molar-refractivity contribution in [2.75, 3.05) is 0 Å². The van der Waals surface area contributed by atoms with E-state index in [4.69, 9.17) is 11.0 Å². The summed E-state index contributed by atoms with van der Waals surface area (Å²) in [6, 6.07) is 3.14. The average molecular weight is 323 g/mol. The maximum absolute atomic E-state index is 12.6. The molecule has 0 aliphatic carbocycles. The lowest BCUT2D eigenvalue weighted by atomic mass is 10.1. The summed E-state index contributed by atoms with van der Waals surface area (Å²) in [6.07, 6.45) is -2.73. The first-order valence-electron chi connectivity index (χ1n) is 4.13. The van der Waals surface area contributed by atoms with Crippen LogP contribution in [0.25, 0.3) is 0 Å². The Morgan fingerprint density at radius 3 is 2.73 bits per heavy atom. The number of nitriles is 1. The van der Waals surface area contributed by atoms with E-state index in [0.717, 1.165) is 0 Å². The summed E-state index contributed by atoms with van der Waals surface area (Å²) >= 11 is 1.92. The number of halogens is 3. The van der Waals surface area contributed by atoms with Gasteiger partial charge in [0.25, 0.3) is 6.43 Å². The van der Waals surface area contributed by atoms with Gasteiger partial charge in [0.05, 0.1) is 18.2 Å². The number of rotatable bonds is 3. The lowest BCUT2D eigenvalue weighted by Crippen LogP contribution is -2.07. The van der Waals surface area contributed by atoms with Gasteiger partial charge in [0, 0.05) is 12.1 Å². The Bertz CT molecular complexity index is 401. The van der Waals surface area contributed by atoms with Gasteiger partial charge in [0.2, 0.25) is 0 Å². The lowest BCUT2D eigenvalue weighted by molar-refractivity contribution is 0.149. The van der Waals surface area contributed by atoms with Crippen molar-refractivity contribution >= 4 is 22.6 Å². The van der Waals surface area contributed by atoms with Crippen LogP contribution in [0.3, 0.4) is 0 Å². The van der Waals surface area contributed by atoms with Crippen LogP contribution in [0.5, 0.6) is 0 Å². The van der Waals surface area contributed by atoms with E-state index in [1.807, 2.05) is 28.7 Å². The highest BCUT2D eigenvalue weighted by Crippen LogP contribution is 2.25. The molecular formula is C9H8F2IN3. The second-order valence-electron chi connectivity index (χ2n) is 2.81. The van der Waals surface area contributed by atoms with Crippen LogP contribution in [0.2, 0.25) is 0 Å². The van der Waals surface area contributed by atoms with Crippen molar-refractivity contribution < 1.29 is 8.78 Å². The maximum Gasteiger partial charge on any atom is 0.265 e. The molecule has 2 N–H and O–H groups in total. The number of aromatic nitrogens is 1. The summed E-state index contributed by atoms with van der Waals surface area (Å²) in [6.45, 7) is 0.165. The fourth-order valence-corrected chi connectivity index (χ4v) is 1.80. The van der Waals surface area contributed by atoms with Crippen LogP contribution in [-0.4, -0.2) is 4.98 Å². The molecular weight excluding hydrogens is 315 g/mol. The number of hydrogen-bond donors (Lipinski definition) is 1. The quantitative estimate of drug-likeness (QED) is 0.685. The van der Waals surface area contributed by atoms with E-state index in [9.17, 15) is 8.78 Å². The largest absolute Gasteiger partial charge is 0.326 e. The summed E-state index contributed by atoms with van der Waals surface area (Å²) < 4.78 is 25.8. The van der Waals surface area contributed by atoms with Gasteiger partial charge >= 0.3 is 0 Å². The Morgan fingerprint density at radius 2 is 2.27 bits per heavy atom. The smallest absolute Gasteiger partial charge is 0.265 e. The third-order valence-electron chi connectivity index (χ3n) is 1.86. The molecule has 6 heteroatoms. The molecule has 1 rings (SSSR count). The minimum atomic E-state index is -2.62. The van der Waals surface area contributed by atoms with E-state index < -0.39 is 6.43 Å². The fraction of sp³-hybridized carbons (Fsp3) is 0.333. The highest BCUT2D eigenvalue weighted by Gasteiger charge is 2.16. The van der Waals surface area contributed by atoms with Gasteiger partial charge in [-0.05, 0) is 34.2 Å². The highest BCUT2D eigenvalue weighted by atomic mass is 127. The Morgan fingerprint density at radius 1 is 1.60 bits per heavy atom. The van der Waals surface area contributed by atoms with Crippen LogP contribution in [0.4, 0.5) is 8.78 Å². The molecule has 1 aromatic rings. The first-order chi connectivity index (χ1) is 7.10. The first-order valence-corrected chi connectivity index (χ1v) is 5.21. The third-order valence-corrected chi connectivity index (χ3v) is 2.80. The number of alkyl halides is 2. The zero-order valence-electron chi connectivity index (χ0n) is 7.67. The second kappa shape index (κ2) is 5.32. The molecule has 0 spiro atoms. The van der Waals surface area contributed by atoms with Crippen molar-refractivity contribution in [2.24, 2.45) is 5.73 Å². The van der Waals surface area contributed by atoms with Crippen molar-refractivity contribution in [3.8, 4) is 6.07 Å². The van der Waals surface area contributed by atoms with Gasteiger partial charge in [-0.15, -0.1) is 0 Å². The zero-order valence-corrected chi connectivity index (χ0v) is 9.83. The average Bonchev–Trinajstić information content (AvgIpc) is 2.18. The molecule has 0 fully saturated rings. The molecule has 0 radical (unpaired) electrons. The minimum absolute atomic E-state index is 0.111. The summed E-state index contributed by atoms with van der Waals surface area (Å²) in [5, 5.41) is 8.48. The number of hydrogen-bond acceptors (Lipinski definition) is 3. The predicted molar refractivity (Wildman–Crippen MR) is 59.1 cm³/mol. The van der Waals surface area contributed by atoms with E-state index in [1.165, 1.54) is 6.07 Å². The molecule has 0 aliphatic rings. The van der Waals surface area contributed by atoms with Crippen LogP contribution in [0, 0.1) is 15.0 Å². The van der Waals surface area contributed by atoms with Crippen molar-refractivity contribution in [1.82, 2.24) is 4.98 Å². The van der Waals surface area contributed by atoms with E-state index in [2.05, 4.69) is 4.98 Å². The molecule has 0 bridgehead atoms. The summed E-state index contributed by atoms with van der Waals surface area (Å²) in [5.41, 5.74) is 5.90. The lowest BCUT2D eigenvalue weighted by Gasteiger charge is -2.09. The Kier molecular flexibility index (Phi) is 4.35. The molecule has 15 heavy (non-hydrogen) atoms. The first kappa shape index (κ1) is 12.3. The molecule has 0 amide bonds. The van der Waals surface area contributed by atoms with Crippen molar-refractivity contribution in [2.45, 2.75) is 19.4 Å². The topological polar surface area (TPSA) is 62.7 Å². The van der Waals surface area contributed by atoms with E-state index in [1.54, 1.807) is 0 Å². The second-order valence-corrected chi connectivity index (χ2v) is 3.84. The third kappa shape index (κ3) is 2.82. The molecule has 0 saturated carbocycles. The highest BCUT2D eigenvalue weighted by molar-refractivity contribution is 14.1. The monoisotopic (exact) mass is 323 g/mol. The molecule has 0 aromatic carbocycles. The zero-order chi connectivity index (χ0) is 11.4. The molecule has 0 saturated heterocycles. The number of pyridine rings is 1. The van der Waals surface area contributed by atoms with Gasteiger partial charge in [0.15, 0.2) is 0 Å². The molecule has 0 unspecified atom stereocenters. The molecule has 3 nitrogen and oxygen atoms in total. The number of nitrogens with two attached hydrogens (primary N) is 1. The van der Waals surface area contributed by atoms with Crippen molar-refractivity contribution in [3.63, 3.8) is 0 Å². The van der Waals surface area contributed by atoms with E-state index in [-0.39, 0.29) is 24.2 Å². The molecule has 80 valence electrons. The summed E-state index contributed by atoms with van der Waals surface area (Å²) in [7, 11) is 0. The molecule has 0 atom stereocenters. The van der Waals surface area contributed by atoms with E-state index >= 15 is 0 Å². The number of nitrogens with zero attached hydrogens (tertiary/aromatic N) is 2. The van der Waals surface area contributed by atoms with Gasteiger partial charge in [-0.25, -0.2) is 13.8 Å². The van der Waals surface area contributed by atoms with E-state index in [0.29, 0.717) is 9.26 Å². The SMILES string of the molecule is N#CCc1nc(I)c(CN)cc1C(F)F. The fourth-order valence-electron chi connectivity index (χ4n) is 1.13. The standard InChI is InChI=1S/C9H8F2IN3/c10-8(11)6-3-5(4-14)9(12)15-7(6)1-2-13/h3,8H,1,4,14H2.